The zero-order valence-corrected chi connectivity index (χ0v) is 7.16. The molecule has 0 fully saturated rings. The highest BCUT2D eigenvalue weighted by Gasteiger charge is 2.02. The number of rotatable bonds is 2. The monoisotopic (exact) mass is 163 g/mol. The van der Waals surface area contributed by atoms with E-state index in [4.69, 9.17) is 10.1 Å². The Morgan fingerprint density at radius 1 is 1.50 bits per heavy atom. The molecule has 0 saturated carbocycles. The zero-order chi connectivity index (χ0) is 8.97. The van der Waals surface area contributed by atoms with E-state index in [2.05, 4.69) is 6.07 Å². The average molecular weight is 163 g/mol. The van der Waals surface area contributed by atoms with Gasteiger partial charge in [-0.05, 0) is 13.0 Å². The molecule has 3 nitrogen and oxygen atoms in total. The number of hydrogen-bond acceptors (Lipinski definition) is 2. The molecule has 1 aromatic rings. The molecule has 0 amide bonds. The van der Waals surface area contributed by atoms with Crippen LogP contribution in [0.4, 0.5) is 5.69 Å². The van der Waals surface area contributed by atoms with Crippen molar-refractivity contribution >= 4 is 5.69 Å². The molecule has 0 aliphatic rings. The van der Waals surface area contributed by atoms with Gasteiger partial charge in [0.1, 0.15) is 0 Å². The van der Waals surface area contributed by atoms with Gasteiger partial charge < -0.3 is 0 Å². The van der Waals surface area contributed by atoms with E-state index < -0.39 is 0 Å². The summed E-state index contributed by atoms with van der Waals surface area (Å²) in [6, 6.07) is 7.58. The van der Waals surface area contributed by atoms with Crippen LogP contribution in [0.15, 0.2) is 18.2 Å². The van der Waals surface area contributed by atoms with Crippen LogP contribution in [0.2, 0.25) is 0 Å². The Balaban J connectivity index is 3.01. The smallest absolute Gasteiger partial charge is 0.166 e. The maximum atomic E-state index is 8.62. The molecule has 0 bridgehead atoms. The second-order valence-electron chi connectivity index (χ2n) is 2.54. The molecule has 0 spiro atoms. The first-order chi connectivity index (χ1) is 5.77. The fourth-order valence-electron chi connectivity index (χ4n) is 0.964. The molecular weight excluding hydrogens is 152 g/mol. The van der Waals surface area contributed by atoms with Crippen molar-refractivity contribution < 1.29 is 10.3 Å². The third-order valence-corrected chi connectivity index (χ3v) is 1.65. The van der Waals surface area contributed by atoms with Crippen LogP contribution >= 0.6 is 0 Å². The van der Waals surface area contributed by atoms with Gasteiger partial charge in [-0.3, -0.25) is 0 Å². The van der Waals surface area contributed by atoms with Crippen LogP contribution in [-0.4, -0.2) is 7.11 Å². The summed E-state index contributed by atoms with van der Waals surface area (Å²) in [5.41, 5.74) is 4.35. The number of hydrogen-bond donors (Lipinski definition) is 1. The zero-order valence-electron chi connectivity index (χ0n) is 7.16. The fraction of sp³-hybridized carbons (Fsp3) is 0.222. The van der Waals surface area contributed by atoms with Crippen LogP contribution in [0.1, 0.15) is 11.1 Å². The first-order valence-electron chi connectivity index (χ1n) is 3.64. The minimum atomic E-state index is 0.656. The molecular formula is C9H11N2O+. The predicted octanol–water partition coefficient (Wildman–Crippen LogP) is 0.623. The second-order valence-corrected chi connectivity index (χ2v) is 2.54. The number of quaternary nitrogens is 1. The molecule has 0 aromatic heterocycles. The van der Waals surface area contributed by atoms with E-state index in [9.17, 15) is 0 Å². The van der Waals surface area contributed by atoms with Crippen molar-refractivity contribution in [3.05, 3.63) is 29.3 Å². The number of nitrogens with two attached hydrogens (primary N) is 1. The fourth-order valence-corrected chi connectivity index (χ4v) is 0.964. The topological polar surface area (TPSA) is 49.6 Å². The number of nitriles is 1. The van der Waals surface area contributed by atoms with Crippen LogP contribution in [-0.2, 0) is 4.84 Å². The van der Waals surface area contributed by atoms with Gasteiger partial charge in [-0.1, -0.05) is 6.07 Å². The average Bonchev–Trinajstić information content (AvgIpc) is 2.09. The largest absolute Gasteiger partial charge is 0.204 e. The van der Waals surface area contributed by atoms with E-state index in [1.807, 2.05) is 13.0 Å². The maximum Gasteiger partial charge on any atom is 0.166 e. The Hall–Kier alpha value is -1.37. The lowest BCUT2D eigenvalue weighted by Crippen LogP contribution is -2.76. The van der Waals surface area contributed by atoms with Crippen LogP contribution in [0.3, 0.4) is 0 Å². The summed E-state index contributed by atoms with van der Waals surface area (Å²) in [5, 5.41) is 8.62. The molecule has 0 atom stereocenters. The van der Waals surface area contributed by atoms with Crippen LogP contribution in [0, 0.1) is 18.3 Å². The highest BCUT2D eigenvalue weighted by Crippen LogP contribution is 2.10. The van der Waals surface area contributed by atoms with Gasteiger partial charge in [0.2, 0.25) is 0 Å². The molecule has 0 radical (unpaired) electrons. The molecule has 62 valence electrons. The van der Waals surface area contributed by atoms with Crippen LogP contribution in [0.25, 0.3) is 0 Å². The summed E-state index contributed by atoms with van der Waals surface area (Å²) in [7, 11) is 1.60. The minimum Gasteiger partial charge on any atom is -0.204 e. The van der Waals surface area contributed by atoms with Gasteiger partial charge in [-0.25, -0.2) is 4.84 Å². The third kappa shape index (κ3) is 1.82. The number of nitrogens with zero attached hydrogens (tertiary/aromatic N) is 1. The first kappa shape index (κ1) is 8.72. The normalized spacial score (nSPS) is 9.42. The summed E-state index contributed by atoms with van der Waals surface area (Å²) in [6.07, 6.45) is 0. The van der Waals surface area contributed by atoms with E-state index in [1.54, 1.807) is 24.7 Å². The Bertz CT molecular complexity index is 315. The summed E-state index contributed by atoms with van der Waals surface area (Å²) in [5.74, 6) is 0. The van der Waals surface area contributed by atoms with Crippen molar-refractivity contribution in [2.24, 2.45) is 0 Å². The molecule has 1 rings (SSSR count). The van der Waals surface area contributed by atoms with Crippen molar-refractivity contribution in [1.29, 1.82) is 5.26 Å². The van der Waals surface area contributed by atoms with E-state index in [1.165, 1.54) is 0 Å². The molecule has 0 aliphatic heterocycles. The van der Waals surface area contributed by atoms with E-state index in [-0.39, 0.29) is 0 Å². The molecule has 0 heterocycles. The molecule has 3 heteroatoms. The van der Waals surface area contributed by atoms with Crippen LogP contribution in [0.5, 0.6) is 0 Å². The van der Waals surface area contributed by atoms with Crippen molar-refractivity contribution in [1.82, 2.24) is 0 Å². The van der Waals surface area contributed by atoms with Crippen molar-refractivity contribution in [3.63, 3.8) is 0 Å². The van der Waals surface area contributed by atoms with Crippen molar-refractivity contribution in [3.8, 4) is 6.07 Å². The summed E-state index contributed by atoms with van der Waals surface area (Å²) in [6.45, 7) is 1.98. The first-order valence-corrected chi connectivity index (χ1v) is 3.64. The SMILES string of the molecule is CO[NH2+]c1cc(C#N)ccc1C. The summed E-state index contributed by atoms with van der Waals surface area (Å²) in [4.78, 5) is 4.87. The highest BCUT2D eigenvalue weighted by atomic mass is 16.6. The van der Waals surface area contributed by atoms with E-state index >= 15 is 0 Å². The Kier molecular flexibility index (Phi) is 2.81. The molecule has 0 aliphatic carbocycles. The van der Waals surface area contributed by atoms with Crippen molar-refractivity contribution in [2.45, 2.75) is 6.92 Å². The number of aryl methyl sites for hydroxylation is 1. The third-order valence-electron chi connectivity index (χ3n) is 1.65. The molecule has 2 N–H and O–H groups in total. The summed E-state index contributed by atoms with van der Waals surface area (Å²) < 4.78 is 0. The van der Waals surface area contributed by atoms with E-state index in [0.29, 0.717) is 5.56 Å². The molecule has 1 aromatic carbocycles. The molecule has 0 unspecified atom stereocenters. The maximum absolute atomic E-state index is 8.62. The Morgan fingerprint density at radius 2 is 2.25 bits per heavy atom. The highest BCUT2D eigenvalue weighted by molar-refractivity contribution is 5.45. The van der Waals surface area contributed by atoms with Gasteiger partial charge in [0.05, 0.1) is 18.7 Å². The summed E-state index contributed by atoms with van der Waals surface area (Å²) >= 11 is 0. The molecule has 0 saturated heterocycles. The predicted molar refractivity (Wildman–Crippen MR) is 44.5 cm³/mol. The lowest BCUT2D eigenvalue weighted by Gasteiger charge is -2.00. The van der Waals surface area contributed by atoms with Crippen molar-refractivity contribution in [2.75, 3.05) is 7.11 Å². The van der Waals surface area contributed by atoms with Gasteiger partial charge >= 0.3 is 0 Å². The Morgan fingerprint density at radius 3 is 2.83 bits per heavy atom. The van der Waals surface area contributed by atoms with Gasteiger partial charge in [0.25, 0.3) is 0 Å². The second kappa shape index (κ2) is 3.86. The van der Waals surface area contributed by atoms with Gasteiger partial charge in [-0.15, -0.1) is 0 Å². The quantitative estimate of drug-likeness (QED) is 0.513. The van der Waals surface area contributed by atoms with Crippen LogP contribution < -0.4 is 5.48 Å². The minimum absolute atomic E-state index is 0.656. The van der Waals surface area contributed by atoms with E-state index in [0.717, 1.165) is 11.3 Å². The van der Waals surface area contributed by atoms with Gasteiger partial charge in [-0.2, -0.15) is 10.7 Å². The van der Waals surface area contributed by atoms with Gasteiger partial charge in [0, 0.05) is 11.6 Å². The standard InChI is InChI=1S/C9H10N2O/c1-7-3-4-8(6-10)5-9(7)11-12-2/h3-5,11H,1-2H3/p+1. The number of benzene rings is 1. The lowest BCUT2D eigenvalue weighted by atomic mass is 10.1. The molecule has 12 heavy (non-hydrogen) atoms. The Labute approximate surface area is 71.5 Å². The van der Waals surface area contributed by atoms with Gasteiger partial charge in [0.15, 0.2) is 5.69 Å². The lowest BCUT2D eigenvalue weighted by molar-refractivity contribution is -0.830.